The number of hydrogen-bond acceptors (Lipinski definition) is 7. The van der Waals surface area contributed by atoms with Crippen LogP contribution in [0.2, 0.25) is 0 Å². The zero-order valence-electron chi connectivity index (χ0n) is 19.1. The number of rotatable bonds is 4. The van der Waals surface area contributed by atoms with Crippen molar-refractivity contribution in [3.05, 3.63) is 59.8 Å². The molecule has 10 nitrogen and oxygen atoms in total. The summed E-state index contributed by atoms with van der Waals surface area (Å²) in [6.07, 6.45) is -7.39. The molecule has 0 unspecified atom stereocenters. The molecule has 1 saturated heterocycles. The molecule has 0 bridgehead atoms. The van der Waals surface area contributed by atoms with Crippen LogP contribution in [0.5, 0.6) is 0 Å². The summed E-state index contributed by atoms with van der Waals surface area (Å²) in [5.74, 6) is -3.36. The van der Waals surface area contributed by atoms with Crippen LogP contribution in [0.25, 0.3) is 5.52 Å². The molecule has 0 saturated carbocycles. The van der Waals surface area contributed by atoms with E-state index in [0.717, 1.165) is 17.0 Å². The third-order valence-electron chi connectivity index (χ3n) is 5.34. The maximum atomic E-state index is 12.8. The molecular formula is C21H19F6N5O5S. The molecule has 206 valence electrons. The Balaban J connectivity index is 0.000000505. The Morgan fingerprint density at radius 3 is 2.21 bits per heavy atom. The molecule has 4 heterocycles. The van der Waals surface area contributed by atoms with Gasteiger partial charge in [0.15, 0.2) is 9.84 Å². The van der Waals surface area contributed by atoms with Gasteiger partial charge in [0.25, 0.3) is 5.91 Å². The molecule has 0 atom stereocenters. The maximum absolute atomic E-state index is 12.8. The lowest BCUT2D eigenvalue weighted by molar-refractivity contribution is -0.910. The second kappa shape index (κ2) is 10.9. The quantitative estimate of drug-likeness (QED) is 0.427. The van der Waals surface area contributed by atoms with Gasteiger partial charge in [0.1, 0.15) is 24.0 Å². The highest BCUT2D eigenvalue weighted by atomic mass is 32.2. The Morgan fingerprint density at radius 1 is 1.05 bits per heavy atom. The Kier molecular flexibility index (Phi) is 8.30. The lowest BCUT2D eigenvalue weighted by Crippen LogP contribution is -3.13. The van der Waals surface area contributed by atoms with Gasteiger partial charge in [-0.3, -0.25) is 9.20 Å². The van der Waals surface area contributed by atoms with Crippen LogP contribution in [0.15, 0.2) is 42.7 Å². The number of pyridine rings is 2. The number of quaternary nitrogens is 1. The van der Waals surface area contributed by atoms with Crippen LogP contribution in [0.3, 0.4) is 0 Å². The molecule has 3 aromatic rings. The smallest absolute Gasteiger partial charge is 0.430 e. The summed E-state index contributed by atoms with van der Waals surface area (Å²) in [5.41, 5.74) is 0.431. The molecule has 4 rings (SSSR count). The normalized spacial score (nSPS) is 15.9. The summed E-state index contributed by atoms with van der Waals surface area (Å²) in [6.45, 7) is 1.38. The molecule has 0 radical (unpaired) electrons. The van der Waals surface area contributed by atoms with Gasteiger partial charge in [0, 0.05) is 12.4 Å². The van der Waals surface area contributed by atoms with Gasteiger partial charge in [0.05, 0.1) is 35.7 Å². The van der Waals surface area contributed by atoms with Crippen molar-refractivity contribution in [1.29, 1.82) is 0 Å². The van der Waals surface area contributed by atoms with Crippen LogP contribution < -0.4 is 15.3 Å². The van der Waals surface area contributed by atoms with Crippen molar-refractivity contribution in [3.8, 4) is 0 Å². The molecule has 2 N–H and O–H groups in total. The molecule has 1 amide bonds. The number of nitrogens with one attached hydrogen (secondary N) is 2. The van der Waals surface area contributed by atoms with Crippen molar-refractivity contribution in [2.75, 3.05) is 29.9 Å². The highest BCUT2D eigenvalue weighted by Crippen LogP contribution is 2.29. The van der Waals surface area contributed by atoms with E-state index >= 15 is 0 Å². The average Bonchev–Trinajstić information content (AvgIpc) is 3.19. The van der Waals surface area contributed by atoms with E-state index in [9.17, 15) is 39.6 Å². The van der Waals surface area contributed by atoms with E-state index in [1.54, 1.807) is 28.8 Å². The second-order valence-corrected chi connectivity index (χ2v) is 10.4. The van der Waals surface area contributed by atoms with Gasteiger partial charge in [-0.25, -0.2) is 18.4 Å². The number of fused-ring (bicyclic) bond motifs is 1. The third kappa shape index (κ3) is 7.41. The second-order valence-electron chi connectivity index (χ2n) is 8.09. The van der Waals surface area contributed by atoms with Gasteiger partial charge in [-0.2, -0.15) is 26.3 Å². The van der Waals surface area contributed by atoms with Crippen molar-refractivity contribution in [1.82, 2.24) is 14.4 Å². The van der Waals surface area contributed by atoms with E-state index in [4.69, 9.17) is 9.90 Å². The van der Waals surface area contributed by atoms with Crippen molar-refractivity contribution in [2.45, 2.75) is 18.9 Å². The Hall–Kier alpha value is -3.73. The molecule has 17 heteroatoms. The molecule has 1 aliphatic heterocycles. The number of imidazole rings is 1. The number of anilines is 1. The number of amides is 1. The SMILES string of the molecule is O=C(Nc1ccc(C(F)(F)F)cn1)c1nc(C[NH+]2CCS(=O)(=O)CC2)c2ccccn12.O=C([O-])C(F)(F)F. The van der Waals surface area contributed by atoms with Gasteiger partial charge in [0.2, 0.25) is 5.82 Å². The number of sulfone groups is 1. The number of carboxylic acid groups (broad SMARTS) is 1. The summed E-state index contributed by atoms with van der Waals surface area (Å²) >= 11 is 0. The maximum Gasteiger partial charge on any atom is 0.430 e. The molecule has 0 spiro atoms. The fourth-order valence-corrected chi connectivity index (χ4v) is 4.84. The van der Waals surface area contributed by atoms with Crippen LogP contribution in [-0.2, 0) is 27.4 Å². The predicted molar refractivity (Wildman–Crippen MR) is 117 cm³/mol. The van der Waals surface area contributed by atoms with Gasteiger partial charge >= 0.3 is 12.4 Å². The first-order valence-corrected chi connectivity index (χ1v) is 12.5. The monoisotopic (exact) mass is 567 g/mol. The summed E-state index contributed by atoms with van der Waals surface area (Å²) in [7, 11) is -2.99. The van der Waals surface area contributed by atoms with E-state index in [1.807, 2.05) is 0 Å². The fourth-order valence-electron chi connectivity index (χ4n) is 3.44. The van der Waals surface area contributed by atoms with Crippen molar-refractivity contribution >= 4 is 33.0 Å². The Bertz CT molecular complexity index is 1410. The van der Waals surface area contributed by atoms with Crippen LogP contribution >= 0.6 is 0 Å². The van der Waals surface area contributed by atoms with E-state index in [0.29, 0.717) is 37.0 Å². The molecule has 1 aliphatic rings. The number of aliphatic carboxylic acids is 1. The van der Waals surface area contributed by atoms with Crippen molar-refractivity contribution in [3.63, 3.8) is 0 Å². The molecular weight excluding hydrogens is 548 g/mol. The summed E-state index contributed by atoms with van der Waals surface area (Å²) < 4.78 is 94.5. The fraction of sp³-hybridized carbons (Fsp3) is 0.333. The van der Waals surface area contributed by atoms with Crippen molar-refractivity contribution in [2.24, 2.45) is 0 Å². The minimum Gasteiger partial charge on any atom is -0.542 e. The van der Waals surface area contributed by atoms with E-state index in [1.165, 1.54) is 0 Å². The number of nitrogens with zero attached hydrogens (tertiary/aromatic N) is 3. The lowest BCUT2D eigenvalue weighted by atomic mass is 10.3. The van der Waals surface area contributed by atoms with E-state index in [-0.39, 0.29) is 23.1 Å². The highest BCUT2D eigenvalue weighted by Gasteiger charge is 2.31. The standard InChI is InChI=1S/C19H18F3N5O3S.C2HF3O2/c20-19(21,22)13-4-5-16(23-11-13)25-18(28)17-24-14(15-3-1-2-6-27(15)17)12-26-7-9-31(29,30)10-8-26;3-2(4,5)1(6)7/h1-6,11H,7-10,12H2,(H,23,25,28);(H,6,7). The Morgan fingerprint density at radius 2 is 1.68 bits per heavy atom. The summed E-state index contributed by atoms with van der Waals surface area (Å²) in [5, 5.41) is 11.3. The van der Waals surface area contributed by atoms with Gasteiger partial charge in [-0.05, 0) is 24.3 Å². The topological polar surface area (TPSA) is 138 Å². The molecule has 0 aliphatic carbocycles. The van der Waals surface area contributed by atoms with Crippen LogP contribution in [-0.4, -0.2) is 65.4 Å². The number of hydrogen-bond donors (Lipinski definition) is 2. The Labute approximate surface area is 210 Å². The molecule has 0 aromatic carbocycles. The van der Waals surface area contributed by atoms with Crippen LogP contribution in [0.4, 0.5) is 32.2 Å². The predicted octanol–water partition coefficient (Wildman–Crippen LogP) is 0.112. The first-order valence-electron chi connectivity index (χ1n) is 10.7. The zero-order chi connectivity index (χ0) is 28.3. The molecule has 38 heavy (non-hydrogen) atoms. The minimum absolute atomic E-state index is 0.0286. The number of carbonyl (C=O) groups is 2. The van der Waals surface area contributed by atoms with Gasteiger partial charge in [-0.15, -0.1) is 0 Å². The number of carbonyl (C=O) groups excluding carboxylic acids is 2. The highest BCUT2D eigenvalue weighted by molar-refractivity contribution is 7.91. The van der Waals surface area contributed by atoms with E-state index in [2.05, 4.69) is 15.3 Å². The van der Waals surface area contributed by atoms with Crippen molar-refractivity contribution < 1.29 is 54.4 Å². The van der Waals surface area contributed by atoms with Gasteiger partial charge in [-0.1, -0.05) is 6.07 Å². The summed E-state index contributed by atoms with van der Waals surface area (Å²) in [6, 6.07) is 7.25. The number of carboxylic acids is 1. The number of aromatic nitrogens is 3. The zero-order valence-corrected chi connectivity index (χ0v) is 20.0. The average molecular weight is 567 g/mol. The molecule has 3 aromatic heterocycles. The first kappa shape index (κ1) is 28.8. The first-order chi connectivity index (χ1) is 17.6. The largest absolute Gasteiger partial charge is 0.542 e. The lowest BCUT2D eigenvalue weighted by Gasteiger charge is -2.22. The minimum atomic E-state index is -5.19. The van der Waals surface area contributed by atoms with Crippen LogP contribution in [0, 0.1) is 0 Å². The van der Waals surface area contributed by atoms with Gasteiger partial charge < -0.3 is 20.1 Å². The number of halogens is 6. The third-order valence-corrected chi connectivity index (χ3v) is 6.99. The van der Waals surface area contributed by atoms with E-state index < -0.39 is 39.6 Å². The summed E-state index contributed by atoms with van der Waals surface area (Å²) in [4.78, 5) is 30.7. The molecule has 1 fully saturated rings. The number of alkyl halides is 6. The van der Waals surface area contributed by atoms with Crippen LogP contribution in [0.1, 0.15) is 21.9 Å².